The first kappa shape index (κ1) is 13.6. The van der Waals surface area contributed by atoms with Crippen molar-refractivity contribution in [1.82, 2.24) is 0 Å². The van der Waals surface area contributed by atoms with E-state index >= 15 is 0 Å². The van der Waals surface area contributed by atoms with Crippen molar-refractivity contribution in [2.45, 2.75) is 25.8 Å². The van der Waals surface area contributed by atoms with Crippen LogP contribution in [0.15, 0.2) is 24.3 Å². The average Bonchev–Trinajstić information content (AvgIpc) is 2.17. The average molecular weight is 249 g/mol. The Labute approximate surface area is 97.2 Å². The highest BCUT2D eigenvalue weighted by atomic mass is 19.4. The summed E-state index contributed by atoms with van der Waals surface area (Å²) in [7, 11) is 0. The molecule has 0 radical (unpaired) electrons. The van der Waals surface area contributed by atoms with Gasteiger partial charge in [-0.25, -0.2) is 0 Å². The topological polar surface area (TPSA) is 41.5 Å². The minimum absolute atomic E-state index is 0.255. The third kappa shape index (κ3) is 5.44. The maximum atomic E-state index is 12.1. The number of hydrogen-bond donors (Lipinski definition) is 2. The van der Waals surface area contributed by atoms with Crippen molar-refractivity contribution in [2.75, 3.05) is 11.9 Å². The molecule has 1 atom stereocenters. The largest absolute Gasteiger partial charge is 0.573 e. The van der Waals surface area contributed by atoms with Crippen molar-refractivity contribution in [3.05, 3.63) is 24.3 Å². The van der Waals surface area contributed by atoms with Crippen molar-refractivity contribution in [1.29, 1.82) is 0 Å². The predicted molar refractivity (Wildman–Crippen MR) is 57.9 cm³/mol. The van der Waals surface area contributed by atoms with E-state index in [-0.39, 0.29) is 11.4 Å². The summed E-state index contributed by atoms with van der Waals surface area (Å²) in [5, 5.41) is 11.8. The fraction of sp³-hybridized carbons (Fsp3) is 0.455. The van der Waals surface area contributed by atoms with Crippen LogP contribution in [0.2, 0.25) is 0 Å². The predicted octanol–water partition coefficient (Wildman–Crippen LogP) is 2.77. The van der Waals surface area contributed by atoms with Crippen LogP contribution in [0.5, 0.6) is 5.75 Å². The number of para-hydroxylation sites is 2. The number of rotatable bonds is 5. The molecule has 0 fully saturated rings. The van der Waals surface area contributed by atoms with Gasteiger partial charge < -0.3 is 15.2 Å². The van der Waals surface area contributed by atoms with Crippen LogP contribution >= 0.6 is 0 Å². The maximum absolute atomic E-state index is 12.1. The number of alkyl halides is 3. The van der Waals surface area contributed by atoms with Gasteiger partial charge in [0.15, 0.2) is 5.75 Å². The number of halogens is 3. The SMILES string of the molecule is CC(O)CCNc1ccccc1OC(F)(F)F. The molecule has 0 aromatic heterocycles. The molecule has 3 nitrogen and oxygen atoms in total. The zero-order valence-corrected chi connectivity index (χ0v) is 9.29. The molecule has 17 heavy (non-hydrogen) atoms. The van der Waals surface area contributed by atoms with E-state index in [1.54, 1.807) is 13.0 Å². The minimum atomic E-state index is -4.71. The quantitative estimate of drug-likeness (QED) is 0.843. The van der Waals surface area contributed by atoms with Crippen LogP contribution in [0.4, 0.5) is 18.9 Å². The second kappa shape index (κ2) is 5.77. The first-order valence-corrected chi connectivity index (χ1v) is 5.15. The number of anilines is 1. The van der Waals surface area contributed by atoms with E-state index in [4.69, 9.17) is 5.11 Å². The Hall–Kier alpha value is -1.43. The molecule has 2 N–H and O–H groups in total. The van der Waals surface area contributed by atoms with Crippen molar-refractivity contribution < 1.29 is 23.0 Å². The molecule has 1 unspecified atom stereocenters. The Kier molecular flexibility index (Phi) is 4.62. The third-order valence-corrected chi connectivity index (χ3v) is 1.99. The highest BCUT2D eigenvalue weighted by molar-refractivity contribution is 5.56. The van der Waals surface area contributed by atoms with Crippen molar-refractivity contribution in [2.24, 2.45) is 0 Å². The molecule has 1 rings (SSSR count). The molecule has 0 bridgehead atoms. The van der Waals surface area contributed by atoms with Gasteiger partial charge in [-0.3, -0.25) is 0 Å². The lowest BCUT2D eigenvalue weighted by Crippen LogP contribution is -2.18. The molecule has 0 spiro atoms. The molecule has 0 amide bonds. The normalized spacial score (nSPS) is 13.2. The lowest BCUT2D eigenvalue weighted by molar-refractivity contribution is -0.274. The van der Waals surface area contributed by atoms with E-state index in [0.717, 1.165) is 0 Å². The van der Waals surface area contributed by atoms with Crippen LogP contribution in [0.3, 0.4) is 0 Å². The van der Waals surface area contributed by atoms with Gasteiger partial charge in [-0.15, -0.1) is 13.2 Å². The first-order valence-electron chi connectivity index (χ1n) is 5.15. The third-order valence-electron chi connectivity index (χ3n) is 1.99. The van der Waals surface area contributed by atoms with Gasteiger partial charge >= 0.3 is 6.36 Å². The molecule has 0 saturated carbocycles. The zero-order valence-electron chi connectivity index (χ0n) is 9.29. The highest BCUT2D eigenvalue weighted by Gasteiger charge is 2.31. The number of aliphatic hydroxyl groups excluding tert-OH is 1. The summed E-state index contributed by atoms with van der Waals surface area (Å²) in [5.74, 6) is -0.273. The van der Waals surface area contributed by atoms with Crippen LogP contribution < -0.4 is 10.1 Å². The van der Waals surface area contributed by atoms with Gasteiger partial charge in [-0.05, 0) is 25.5 Å². The van der Waals surface area contributed by atoms with E-state index in [0.29, 0.717) is 13.0 Å². The molecule has 0 aliphatic rings. The second-order valence-electron chi connectivity index (χ2n) is 3.61. The van der Waals surface area contributed by atoms with Crippen molar-refractivity contribution in [3.63, 3.8) is 0 Å². The first-order chi connectivity index (χ1) is 7.88. The van der Waals surface area contributed by atoms with Gasteiger partial charge in [0, 0.05) is 6.54 Å². The van der Waals surface area contributed by atoms with E-state index in [9.17, 15) is 13.2 Å². The summed E-state index contributed by atoms with van der Waals surface area (Å²) < 4.78 is 40.1. The molecule has 0 aliphatic heterocycles. The van der Waals surface area contributed by atoms with Gasteiger partial charge in [0.25, 0.3) is 0 Å². The molecule has 1 aromatic carbocycles. The van der Waals surface area contributed by atoms with Crippen LogP contribution in [0.1, 0.15) is 13.3 Å². The van der Waals surface area contributed by atoms with Gasteiger partial charge in [-0.2, -0.15) is 0 Å². The molecule has 1 aromatic rings. The molecule has 0 saturated heterocycles. The summed E-state index contributed by atoms with van der Waals surface area (Å²) in [6, 6.07) is 5.79. The monoisotopic (exact) mass is 249 g/mol. The van der Waals surface area contributed by atoms with E-state index in [1.807, 2.05) is 0 Å². The van der Waals surface area contributed by atoms with Crippen LogP contribution in [-0.2, 0) is 0 Å². The number of hydrogen-bond acceptors (Lipinski definition) is 3. The molecule has 0 aliphatic carbocycles. The zero-order chi connectivity index (χ0) is 12.9. The molecule has 0 heterocycles. The summed E-state index contributed by atoms with van der Waals surface area (Å²) in [5.41, 5.74) is 0.255. The van der Waals surface area contributed by atoms with E-state index in [2.05, 4.69) is 10.1 Å². The number of ether oxygens (including phenoxy) is 1. The Morgan fingerprint density at radius 2 is 2.00 bits per heavy atom. The van der Waals surface area contributed by atoms with Crippen LogP contribution in [0.25, 0.3) is 0 Å². The number of nitrogens with one attached hydrogen (secondary N) is 1. The second-order valence-corrected chi connectivity index (χ2v) is 3.61. The van der Waals surface area contributed by atoms with Crippen LogP contribution in [-0.4, -0.2) is 24.1 Å². The number of benzene rings is 1. The highest BCUT2D eigenvalue weighted by Crippen LogP contribution is 2.29. The van der Waals surface area contributed by atoms with Gasteiger partial charge in [0.1, 0.15) is 0 Å². The Morgan fingerprint density at radius 3 is 2.59 bits per heavy atom. The van der Waals surface area contributed by atoms with Crippen molar-refractivity contribution in [3.8, 4) is 5.75 Å². The summed E-state index contributed by atoms with van der Waals surface area (Å²) in [6.45, 7) is 1.98. The lowest BCUT2D eigenvalue weighted by Gasteiger charge is -2.14. The molecule has 96 valence electrons. The van der Waals surface area contributed by atoms with Gasteiger partial charge in [-0.1, -0.05) is 12.1 Å². The minimum Gasteiger partial charge on any atom is -0.404 e. The summed E-state index contributed by atoms with van der Waals surface area (Å²) in [4.78, 5) is 0. The standard InChI is InChI=1S/C11H14F3NO2/c1-8(16)6-7-15-9-4-2-3-5-10(9)17-11(12,13)14/h2-5,8,15-16H,6-7H2,1H3. The van der Waals surface area contributed by atoms with E-state index < -0.39 is 12.5 Å². The Bertz CT molecular complexity index is 353. The summed E-state index contributed by atoms with van der Waals surface area (Å²) >= 11 is 0. The smallest absolute Gasteiger partial charge is 0.404 e. The fourth-order valence-corrected chi connectivity index (χ4v) is 1.24. The number of aliphatic hydroxyl groups is 1. The summed E-state index contributed by atoms with van der Waals surface area (Å²) in [6.07, 6.45) is -4.76. The van der Waals surface area contributed by atoms with E-state index in [1.165, 1.54) is 18.2 Å². The Balaban J connectivity index is 2.64. The lowest BCUT2D eigenvalue weighted by atomic mass is 10.2. The molecular weight excluding hydrogens is 235 g/mol. The molecular formula is C11H14F3NO2. The Morgan fingerprint density at radius 1 is 1.35 bits per heavy atom. The molecule has 6 heteroatoms. The van der Waals surface area contributed by atoms with Crippen LogP contribution in [0, 0.1) is 0 Å². The maximum Gasteiger partial charge on any atom is 0.573 e. The fourth-order valence-electron chi connectivity index (χ4n) is 1.24. The van der Waals surface area contributed by atoms with Gasteiger partial charge in [0.2, 0.25) is 0 Å². The van der Waals surface area contributed by atoms with Gasteiger partial charge in [0.05, 0.1) is 11.8 Å². The van der Waals surface area contributed by atoms with Crippen molar-refractivity contribution >= 4 is 5.69 Å².